The number of hydrogen-bond acceptors (Lipinski definition) is 2. The van der Waals surface area contributed by atoms with Crippen molar-refractivity contribution in [1.29, 1.82) is 0 Å². The minimum atomic E-state index is 0.278. The zero-order valence-electron chi connectivity index (χ0n) is 8.87. The normalized spacial score (nSPS) is 35.3. The van der Waals surface area contributed by atoms with Crippen LogP contribution in [0.1, 0.15) is 35.7 Å². The molecule has 3 rings (SSSR count). The number of thiophene rings is 1. The van der Waals surface area contributed by atoms with E-state index in [1.165, 1.54) is 33.5 Å². The topological polar surface area (TPSA) is 26.0 Å². The van der Waals surface area contributed by atoms with Gasteiger partial charge in [-0.15, -0.1) is 11.3 Å². The molecule has 2 N–H and O–H groups in total. The van der Waals surface area contributed by atoms with Gasteiger partial charge in [0.05, 0.1) is 3.79 Å². The average molecular weight is 286 g/mol. The van der Waals surface area contributed by atoms with Crippen molar-refractivity contribution >= 4 is 27.3 Å². The van der Waals surface area contributed by atoms with Gasteiger partial charge >= 0.3 is 0 Å². The highest BCUT2D eigenvalue weighted by molar-refractivity contribution is 9.11. The monoisotopic (exact) mass is 285 g/mol. The molecule has 0 aliphatic heterocycles. The van der Waals surface area contributed by atoms with Crippen LogP contribution in [0.5, 0.6) is 0 Å². The van der Waals surface area contributed by atoms with Gasteiger partial charge in [-0.05, 0) is 71.5 Å². The Morgan fingerprint density at radius 1 is 1.40 bits per heavy atom. The fourth-order valence-corrected chi connectivity index (χ4v) is 4.86. The molecule has 1 heterocycles. The fourth-order valence-electron chi connectivity index (χ4n) is 3.10. The molecule has 3 atom stereocenters. The molecule has 82 valence electrons. The zero-order valence-corrected chi connectivity index (χ0v) is 11.3. The van der Waals surface area contributed by atoms with Crippen LogP contribution in [0.4, 0.5) is 0 Å². The first-order valence-electron chi connectivity index (χ1n) is 5.66. The summed E-state index contributed by atoms with van der Waals surface area (Å²) in [6.07, 6.45) is 4.23. The minimum absolute atomic E-state index is 0.278. The molecule has 2 saturated carbocycles. The Bertz CT molecular complexity index is 377. The van der Waals surface area contributed by atoms with Crippen LogP contribution >= 0.6 is 27.3 Å². The Balaban J connectivity index is 1.78. The summed E-state index contributed by atoms with van der Waals surface area (Å²) in [4.78, 5) is 1.38. The second-order valence-electron chi connectivity index (χ2n) is 5.08. The van der Waals surface area contributed by atoms with Crippen molar-refractivity contribution in [2.24, 2.45) is 23.5 Å². The highest BCUT2D eigenvalue weighted by Gasteiger charge is 2.47. The Kier molecular flexibility index (Phi) is 2.45. The average Bonchev–Trinajstić information content (AvgIpc) is 2.65. The number of halogens is 1. The molecule has 0 saturated heterocycles. The standard InChI is InChI=1S/C12H16BrNS/c1-6-10(5-11(13)15-6)12(14)9-3-7-2-8(7)4-9/h5,7-9,12H,2-4,14H2,1H3. The highest BCUT2D eigenvalue weighted by Crippen LogP contribution is 2.57. The third-order valence-electron chi connectivity index (χ3n) is 4.07. The molecule has 0 bridgehead atoms. The molecular weight excluding hydrogens is 270 g/mol. The van der Waals surface area contributed by atoms with E-state index in [2.05, 4.69) is 28.9 Å². The number of hydrogen-bond donors (Lipinski definition) is 1. The molecule has 3 unspecified atom stereocenters. The van der Waals surface area contributed by atoms with E-state index in [1.807, 2.05) is 0 Å². The first-order valence-corrected chi connectivity index (χ1v) is 7.27. The number of nitrogens with two attached hydrogens (primary N) is 1. The predicted molar refractivity (Wildman–Crippen MR) is 68.0 cm³/mol. The highest BCUT2D eigenvalue weighted by atomic mass is 79.9. The SMILES string of the molecule is Cc1sc(Br)cc1C(N)C1CC2CC2C1. The van der Waals surface area contributed by atoms with Gasteiger partial charge in [0.1, 0.15) is 0 Å². The van der Waals surface area contributed by atoms with Gasteiger partial charge in [0.2, 0.25) is 0 Å². The molecule has 3 heteroatoms. The Labute approximate surface area is 103 Å². The molecule has 1 aromatic rings. The van der Waals surface area contributed by atoms with E-state index in [0.29, 0.717) is 0 Å². The summed E-state index contributed by atoms with van der Waals surface area (Å²) >= 11 is 5.35. The molecule has 2 aliphatic rings. The van der Waals surface area contributed by atoms with Gasteiger partial charge in [0.15, 0.2) is 0 Å². The van der Waals surface area contributed by atoms with Crippen molar-refractivity contribution in [2.75, 3.05) is 0 Å². The maximum Gasteiger partial charge on any atom is 0.0704 e. The van der Waals surface area contributed by atoms with Crippen molar-refractivity contribution in [1.82, 2.24) is 0 Å². The lowest BCUT2D eigenvalue weighted by molar-refractivity contribution is 0.404. The van der Waals surface area contributed by atoms with E-state index in [0.717, 1.165) is 17.8 Å². The number of aryl methyl sites for hydroxylation is 1. The van der Waals surface area contributed by atoms with Gasteiger partial charge < -0.3 is 5.73 Å². The predicted octanol–water partition coefficient (Wildman–Crippen LogP) is 3.86. The summed E-state index contributed by atoms with van der Waals surface area (Å²) < 4.78 is 1.22. The quantitative estimate of drug-likeness (QED) is 0.877. The van der Waals surface area contributed by atoms with Crippen LogP contribution < -0.4 is 5.73 Å². The number of rotatable bonds is 2. The van der Waals surface area contributed by atoms with Crippen molar-refractivity contribution in [3.05, 3.63) is 20.3 Å². The van der Waals surface area contributed by atoms with Crippen molar-refractivity contribution in [2.45, 2.75) is 32.2 Å². The molecule has 0 aromatic carbocycles. The van der Waals surface area contributed by atoms with Gasteiger partial charge in [0, 0.05) is 10.9 Å². The summed E-state index contributed by atoms with van der Waals surface area (Å²) in [5.74, 6) is 2.81. The summed E-state index contributed by atoms with van der Waals surface area (Å²) in [5.41, 5.74) is 7.76. The van der Waals surface area contributed by atoms with Crippen LogP contribution in [-0.2, 0) is 0 Å². The summed E-state index contributed by atoms with van der Waals surface area (Å²) in [6.45, 7) is 2.18. The van der Waals surface area contributed by atoms with Crippen LogP contribution in [0.3, 0.4) is 0 Å². The fraction of sp³-hybridized carbons (Fsp3) is 0.667. The van der Waals surface area contributed by atoms with Gasteiger partial charge in [-0.2, -0.15) is 0 Å². The lowest BCUT2D eigenvalue weighted by Crippen LogP contribution is -2.20. The second-order valence-corrected chi connectivity index (χ2v) is 7.71. The van der Waals surface area contributed by atoms with E-state index in [1.54, 1.807) is 11.3 Å². The Hall–Kier alpha value is 0.140. The molecule has 2 aliphatic carbocycles. The van der Waals surface area contributed by atoms with Crippen molar-refractivity contribution < 1.29 is 0 Å². The smallest absolute Gasteiger partial charge is 0.0704 e. The zero-order chi connectivity index (χ0) is 10.6. The van der Waals surface area contributed by atoms with Crippen LogP contribution in [0.25, 0.3) is 0 Å². The van der Waals surface area contributed by atoms with Crippen molar-refractivity contribution in [3.8, 4) is 0 Å². The Morgan fingerprint density at radius 3 is 2.60 bits per heavy atom. The molecule has 1 nitrogen and oxygen atoms in total. The lowest BCUT2D eigenvalue weighted by atomic mass is 9.90. The minimum Gasteiger partial charge on any atom is -0.324 e. The summed E-state index contributed by atoms with van der Waals surface area (Å²) in [5, 5.41) is 0. The molecule has 0 radical (unpaired) electrons. The van der Waals surface area contributed by atoms with Gasteiger partial charge in [-0.1, -0.05) is 0 Å². The third kappa shape index (κ3) is 1.79. The first kappa shape index (κ1) is 10.3. The maximum atomic E-state index is 6.38. The molecule has 0 amide bonds. The first-order chi connectivity index (χ1) is 7.15. The van der Waals surface area contributed by atoms with E-state index in [9.17, 15) is 0 Å². The Morgan fingerprint density at radius 2 is 2.07 bits per heavy atom. The molecule has 2 fully saturated rings. The molecule has 0 spiro atoms. The van der Waals surface area contributed by atoms with Crippen LogP contribution in [-0.4, -0.2) is 0 Å². The molecule has 1 aromatic heterocycles. The molecule has 15 heavy (non-hydrogen) atoms. The van der Waals surface area contributed by atoms with Gasteiger partial charge in [-0.3, -0.25) is 0 Å². The van der Waals surface area contributed by atoms with Gasteiger partial charge in [0.25, 0.3) is 0 Å². The van der Waals surface area contributed by atoms with E-state index in [-0.39, 0.29) is 6.04 Å². The second kappa shape index (κ2) is 3.57. The van der Waals surface area contributed by atoms with Gasteiger partial charge in [-0.25, -0.2) is 0 Å². The maximum absolute atomic E-state index is 6.38. The van der Waals surface area contributed by atoms with Crippen LogP contribution in [0.2, 0.25) is 0 Å². The third-order valence-corrected chi connectivity index (χ3v) is 5.64. The van der Waals surface area contributed by atoms with E-state index in [4.69, 9.17) is 5.73 Å². The van der Waals surface area contributed by atoms with Crippen molar-refractivity contribution in [3.63, 3.8) is 0 Å². The van der Waals surface area contributed by atoms with E-state index < -0.39 is 0 Å². The molecular formula is C12H16BrNS. The van der Waals surface area contributed by atoms with E-state index >= 15 is 0 Å². The summed E-state index contributed by atoms with van der Waals surface area (Å²) in [7, 11) is 0. The number of fused-ring (bicyclic) bond motifs is 1. The van der Waals surface area contributed by atoms with Crippen LogP contribution in [0.15, 0.2) is 9.85 Å². The summed E-state index contributed by atoms with van der Waals surface area (Å²) in [6, 6.07) is 2.49. The van der Waals surface area contributed by atoms with Crippen LogP contribution in [0, 0.1) is 24.7 Å². The largest absolute Gasteiger partial charge is 0.324 e. The lowest BCUT2D eigenvalue weighted by Gasteiger charge is -2.20.